The molecule has 2 heterocycles. The first-order valence-electron chi connectivity index (χ1n) is 7.39. The fourth-order valence-electron chi connectivity index (χ4n) is 3.54. The molecule has 104 valence electrons. The molecule has 3 nitrogen and oxygen atoms in total. The first kappa shape index (κ1) is 13.2. The lowest BCUT2D eigenvalue weighted by atomic mass is 9.90. The molecule has 0 radical (unpaired) electrons. The van der Waals surface area contributed by atoms with E-state index in [9.17, 15) is 0 Å². The van der Waals surface area contributed by atoms with Crippen molar-refractivity contribution in [1.29, 1.82) is 0 Å². The number of ether oxygens (including phenoxy) is 2. The number of thioether (sulfide) groups is 1. The van der Waals surface area contributed by atoms with Gasteiger partial charge in [0.25, 0.3) is 0 Å². The lowest BCUT2D eigenvalue weighted by molar-refractivity contribution is -0.141. The van der Waals surface area contributed by atoms with Crippen LogP contribution < -0.4 is 5.73 Å². The smallest absolute Gasteiger partial charge is 0.0805 e. The first-order chi connectivity index (χ1) is 8.76. The molecule has 3 rings (SSSR count). The summed E-state index contributed by atoms with van der Waals surface area (Å²) in [7, 11) is 0. The Balaban J connectivity index is 1.52. The topological polar surface area (TPSA) is 44.5 Å². The van der Waals surface area contributed by atoms with Gasteiger partial charge in [-0.2, -0.15) is 11.8 Å². The fraction of sp³-hybridized carbons (Fsp3) is 1.00. The number of nitrogens with two attached hydrogens (primary N) is 1. The predicted octanol–water partition coefficient (Wildman–Crippen LogP) is 2.33. The van der Waals surface area contributed by atoms with E-state index in [0.717, 1.165) is 31.6 Å². The molecule has 0 aromatic carbocycles. The standard InChI is InChI=1S/C14H25NO2S/c15-11-2-1-3-12(8-11)17-13-4-6-16-14(9-13)5-7-18-10-14/h11-13H,1-10,15H2. The SMILES string of the molecule is NC1CCCC(OC2CCOC3(CCSC3)C2)C1. The zero-order chi connectivity index (χ0) is 12.4. The molecule has 4 atom stereocenters. The first-order valence-corrected chi connectivity index (χ1v) is 8.54. The maximum Gasteiger partial charge on any atom is 0.0805 e. The van der Waals surface area contributed by atoms with E-state index in [1.165, 1.54) is 31.4 Å². The minimum atomic E-state index is 0.143. The molecule has 0 aromatic rings. The lowest BCUT2D eigenvalue weighted by Gasteiger charge is -2.40. The molecule has 1 spiro atoms. The summed E-state index contributed by atoms with van der Waals surface area (Å²) < 4.78 is 12.4. The fourth-order valence-corrected chi connectivity index (χ4v) is 4.92. The average molecular weight is 271 g/mol. The monoisotopic (exact) mass is 271 g/mol. The second-order valence-electron chi connectivity index (χ2n) is 6.13. The van der Waals surface area contributed by atoms with Crippen LogP contribution in [0.5, 0.6) is 0 Å². The largest absolute Gasteiger partial charge is 0.375 e. The molecule has 3 aliphatic rings. The third-order valence-electron chi connectivity index (χ3n) is 4.57. The van der Waals surface area contributed by atoms with Gasteiger partial charge in [0.15, 0.2) is 0 Å². The lowest BCUT2D eigenvalue weighted by Crippen LogP contribution is -2.44. The average Bonchev–Trinajstić information content (AvgIpc) is 2.77. The Labute approximate surface area is 114 Å². The van der Waals surface area contributed by atoms with Crippen molar-refractivity contribution in [2.45, 2.75) is 68.8 Å². The summed E-state index contributed by atoms with van der Waals surface area (Å²) in [6.07, 6.45) is 8.86. The molecular weight excluding hydrogens is 246 g/mol. The second-order valence-corrected chi connectivity index (χ2v) is 7.24. The molecule has 2 N–H and O–H groups in total. The van der Waals surface area contributed by atoms with E-state index in [2.05, 4.69) is 0 Å². The van der Waals surface area contributed by atoms with Crippen molar-refractivity contribution in [1.82, 2.24) is 0 Å². The maximum absolute atomic E-state index is 6.32. The number of hydrogen-bond acceptors (Lipinski definition) is 4. The van der Waals surface area contributed by atoms with Crippen molar-refractivity contribution in [3.8, 4) is 0 Å². The Morgan fingerprint density at radius 1 is 1.22 bits per heavy atom. The van der Waals surface area contributed by atoms with E-state index in [0.29, 0.717) is 18.2 Å². The highest BCUT2D eigenvalue weighted by Gasteiger charge is 2.41. The molecule has 4 unspecified atom stereocenters. The van der Waals surface area contributed by atoms with Gasteiger partial charge in [-0.25, -0.2) is 0 Å². The zero-order valence-corrected chi connectivity index (χ0v) is 11.9. The predicted molar refractivity (Wildman–Crippen MR) is 75.0 cm³/mol. The van der Waals surface area contributed by atoms with Gasteiger partial charge in [0, 0.05) is 24.8 Å². The van der Waals surface area contributed by atoms with Crippen molar-refractivity contribution in [3.63, 3.8) is 0 Å². The van der Waals surface area contributed by atoms with E-state index in [-0.39, 0.29) is 5.60 Å². The van der Waals surface area contributed by atoms with Crippen molar-refractivity contribution in [2.75, 3.05) is 18.1 Å². The van der Waals surface area contributed by atoms with Gasteiger partial charge in [0.1, 0.15) is 0 Å². The quantitative estimate of drug-likeness (QED) is 0.837. The van der Waals surface area contributed by atoms with E-state index in [1.54, 1.807) is 0 Å². The van der Waals surface area contributed by atoms with Gasteiger partial charge in [-0.1, -0.05) is 0 Å². The van der Waals surface area contributed by atoms with Crippen LogP contribution in [0.4, 0.5) is 0 Å². The highest BCUT2D eigenvalue weighted by atomic mass is 32.2. The van der Waals surface area contributed by atoms with Crippen molar-refractivity contribution in [2.24, 2.45) is 5.73 Å². The van der Waals surface area contributed by atoms with E-state index < -0.39 is 0 Å². The molecule has 18 heavy (non-hydrogen) atoms. The molecule has 2 saturated heterocycles. The number of hydrogen-bond donors (Lipinski definition) is 1. The molecule has 3 fully saturated rings. The molecule has 0 bridgehead atoms. The minimum Gasteiger partial charge on any atom is -0.375 e. The Morgan fingerprint density at radius 3 is 2.94 bits per heavy atom. The normalized spacial score (nSPS) is 45.5. The van der Waals surface area contributed by atoms with Crippen molar-refractivity contribution >= 4 is 11.8 Å². The summed E-state index contributed by atoms with van der Waals surface area (Å²) in [5.74, 6) is 2.41. The highest BCUT2D eigenvalue weighted by molar-refractivity contribution is 7.99. The third-order valence-corrected chi connectivity index (χ3v) is 5.79. The van der Waals surface area contributed by atoms with Crippen LogP contribution in [0.15, 0.2) is 0 Å². The highest BCUT2D eigenvalue weighted by Crippen LogP contribution is 2.39. The van der Waals surface area contributed by atoms with Crippen molar-refractivity contribution in [3.05, 3.63) is 0 Å². The molecule has 4 heteroatoms. The van der Waals surface area contributed by atoms with Crippen LogP contribution in [-0.2, 0) is 9.47 Å². The molecule has 1 saturated carbocycles. The Hall–Kier alpha value is 0.230. The van der Waals surface area contributed by atoms with Gasteiger partial charge in [0.05, 0.1) is 17.8 Å². The third kappa shape index (κ3) is 3.03. The summed E-state index contributed by atoms with van der Waals surface area (Å²) in [4.78, 5) is 0. The Kier molecular flexibility index (Phi) is 4.18. The molecular formula is C14H25NO2S. The van der Waals surface area contributed by atoms with E-state index in [1.807, 2.05) is 11.8 Å². The summed E-state index contributed by atoms with van der Waals surface area (Å²) in [6.45, 7) is 0.879. The van der Waals surface area contributed by atoms with Crippen LogP contribution in [0.25, 0.3) is 0 Å². The summed E-state index contributed by atoms with van der Waals surface area (Å²) in [6, 6.07) is 0.361. The van der Waals surface area contributed by atoms with Gasteiger partial charge in [-0.3, -0.25) is 0 Å². The van der Waals surface area contributed by atoms with Crippen LogP contribution in [0, 0.1) is 0 Å². The van der Waals surface area contributed by atoms with E-state index >= 15 is 0 Å². The van der Waals surface area contributed by atoms with Crippen LogP contribution in [0.1, 0.15) is 44.9 Å². The van der Waals surface area contributed by atoms with Crippen LogP contribution >= 0.6 is 11.8 Å². The van der Waals surface area contributed by atoms with Gasteiger partial charge in [0.2, 0.25) is 0 Å². The van der Waals surface area contributed by atoms with Gasteiger partial charge >= 0.3 is 0 Å². The van der Waals surface area contributed by atoms with Gasteiger partial charge in [-0.05, 0) is 44.3 Å². The van der Waals surface area contributed by atoms with Gasteiger partial charge in [-0.15, -0.1) is 0 Å². The van der Waals surface area contributed by atoms with Crippen molar-refractivity contribution < 1.29 is 9.47 Å². The molecule has 1 aliphatic carbocycles. The van der Waals surface area contributed by atoms with Crippen LogP contribution in [-0.4, -0.2) is 42.0 Å². The Morgan fingerprint density at radius 2 is 2.17 bits per heavy atom. The molecule has 0 amide bonds. The van der Waals surface area contributed by atoms with E-state index in [4.69, 9.17) is 15.2 Å². The zero-order valence-electron chi connectivity index (χ0n) is 11.1. The Bertz CT molecular complexity index is 281. The van der Waals surface area contributed by atoms with Crippen LogP contribution in [0.2, 0.25) is 0 Å². The minimum absolute atomic E-state index is 0.143. The second kappa shape index (κ2) is 5.70. The molecule has 2 aliphatic heterocycles. The van der Waals surface area contributed by atoms with Gasteiger partial charge < -0.3 is 15.2 Å². The van der Waals surface area contributed by atoms with Crippen LogP contribution in [0.3, 0.4) is 0 Å². The molecule has 0 aromatic heterocycles. The summed E-state index contributed by atoms with van der Waals surface area (Å²) in [5.41, 5.74) is 6.18. The number of rotatable bonds is 2. The summed E-state index contributed by atoms with van der Waals surface area (Å²) >= 11 is 2.03. The summed E-state index contributed by atoms with van der Waals surface area (Å²) in [5, 5.41) is 0. The maximum atomic E-state index is 6.32.